The highest BCUT2D eigenvalue weighted by molar-refractivity contribution is 5.81. The predicted molar refractivity (Wildman–Crippen MR) is 63.9 cm³/mol. The first kappa shape index (κ1) is 14.4. The smallest absolute Gasteiger partial charge is 0.239 e. The van der Waals surface area contributed by atoms with Gasteiger partial charge in [-0.05, 0) is 34.9 Å². The Hall–Kier alpha value is -0.610. The zero-order valence-electron chi connectivity index (χ0n) is 10.7. The Morgan fingerprint density at radius 1 is 1.27 bits per heavy atom. The Labute approximate surface area is 93.6 Å². The monoisotopic (exact) mass is 215 g/mol. The number of rotatable bonds is 7. The van der Waals surface area contributed by atoms with Crippen molar-refractivity contribution in [1.29, 1.82) is 0 Å². The van der Waals surface area contributed by atoms with Gasteiger partial charge in [-0.3, -0.25) is 4.79 Å². The number of nitrogens with zero attached hydrogens (tertiary/aromatic N) is 2. The van der Waals surface area contributed by atoms with Crippen LogP contribution in [0.2, 0.25) is 0 Å². The maximum absolute atomic E-state index is 11.8. The van der Waals surface area contributed by atoms with Crippen molar-refractivity contribution < 1.29 is 4.79 Å². The summed E-state index contributed by atoms with van der Waals surface area (Å²) in [5.74, 6) is 0.193. The standard InChI is InChI=1S/C11H25N3O/c1-6-14(7-2)11(15)10(3)12-8-9-13(4)5/h10,12H,6-9H2,1-5H3. The summed E-state index contributed by atoms with van der Waals surface area (Å²) in [5.41, 5.74) is 0. The number of nitrogens with one attached hydrogen (secondary N) is 1. The molecule has 0 fully saturated rings. The van der Waals surface area contributed by atoms with Crippen LogP contribution in [0.25, 0.3) is 0 Å². The van der Waals surface area contributed by atoms with Gasteiger partial charge in [0.2, 0.25) is 5.91 Å². The SMILES string of the molecule is CCN(CC)C(=O)C(C)NCCN(C)C. The van der Waals surface area contributed by atoms with Gasteiger partial charge in [-0.2, -0.15) is 0 Å². The van der Waals surface area contributed by atoms with Gasteiger partial charge in [0.25, 0.3) is 0 Å². The fourth-order valence-electron chi connectivity index (χ4n) is 1.40. The van der Waals surface area contributed by atoms with Crippen LogP contribution in [0.4, 0.5) is 0 Å². The molecule has 0 radical (unpaired) electrons. The van der Waals surface area contributed by atoms with E-state index in [1.54, 1.807) is 0 Å². The molecule has 0 bridgehead atoms. The van der Waals surface area contributed by atoms with Gasteiger partial charge in [0, 0.05) is 26.2 Å². The number of hydrogen-bond donors (Lipinski definition) is 1. The molecule has 4 heteroatoms. The maximum atomic E-state index is 11.8. The van der Waals surface area contributed by atoms with Crippen molar-refractivity contribution >= 4 is 5.91 Å². The second-order valence-electron chi connectivity index (χ2n) is 3.99. The summed E-state index contributed by atoms with van der Waals surface area (Å²) in [5, 5.41) is 3.23. The lowest BCUT2D eigenvalue weighted by Crippen LogP contribution is -2.46. The Kier molecular flexibility index (Phi) is 7.34. The number of carbonyl (C=O) groups excluding carboxylic acids is 1. The zero-order chi connectivity index (χ0) is 11.8. The van der Waals surface area contributed by atoms with Gasteiger partial charge < -0.3 is 15.1 Å². The van der Waals surface area contributed by atoms with E-state index in [4.69, 9.17) is 0 Å². The molecule has 1 unspecified atom stereocenters. The molecule has 4 nitrogen and oxygen atoms in total. The lowest BCUT2D eigenvalue weighted by Gasteiger charge is -2.24. The predicted octanol–water partition coefficient (Wildman–Crippen LogP) is 0.395. The fourth-order valence-corrected chi connectivity index (χ4v) is 1.40. The second kappa shape index (κ2) is 7.65. The van der Waals surface area contributed by atoms with Crippen molar-refractivity contribution in [3.05, 3.63) is 0 Å². The first-order valence-corrected chi connectivity index (χ1v) is 5.69. The Morgan fingerprint density at radius 2 is 1.80 bits per heavy atom. The number of carbonyl (C=O) groups is 1. The van der Waals surface area contributed by atoms with E-state index in [9.17, 15) is 4.79 Å². The lowest BCUT2D eigenvalue weighted by molar-refractivity contribution is -0.132. The minimum Gasteiger partial charge on any atom is -0.342 e. The summed E-state index contributed by atoms with van der Waals surface area (Å²) in [4.78, 5) is 15.8. The third kappa shape index (κ3) is 5.74. The molecule has 0 aliphatic heterocycles. The molecular weight excluding hydrogens is 190 g/mol. The molecule has 0 saturated carbocycles. The van der Waals surface area contributed by atoms with E-state index >= 15 is 0 Å². The van der Waals surface area contributed by atoms with Crippen LogP contribution in [-0.4, -0.2) is 62.0 Å². The molecule has 0 heterocycles. The fraction of sp³-hybridized carbons (Fsp3) is 0.909. The van der Waals surface area contributed by atoms with Gasteiger partial charge in [-0.15, -0.1) is 0 Å². The third-order valence-corrected chi connectivity index (χ3v) is 2.46. The molecule has 1 atom stereocenters. The van der Waals surface area contributed by atoms with Crippen LogP contribution in [0, 0.1) is 0 Å². The summed E-state index contributed by atoms with van der Waals surface area (Å²) >= 11 is 0. The molecule has 0 aromatic rings. The average Bonchev–Trinajstić information content (AvgIpc) is 2.18. The number of hydrogen-bond acceptors (Lipinski definition) is 3. The van der Waals surface area contributed by atoms with E-state index in [-0.39, 0.29) is 11.9 Å². The number of likely N-dealkylation sites (N-methyl/N-ethyl adjacent to an activating group) is 2. The third-order valence-electron chi connectivity index (χ3n) is 2.46. The van der Waals surface area contributed by atoms with Crippen LogP contribution in [0.1, 0.15) is 20.8 Å². The van der Waals surface area contributed by atoms with Crippen LogP contribution >= 0.6 is 0 Å². The molecule has 0 saturated heterocycles. The van der Waals surface area contributed by atoms with E-state index in [0.717, 1.165) is 26.2 Å². The first-order valence-electron chi connectivity index (χ1n) is 5.69. The molecule has 1 amide bonds. The van der Waals surface area contributed by atoms with Crippen LogP contribution < -0.4 is 5.32 Å². The van der Waals surface area contributed by atoms with Crippen LogP contribution in [0.5, 0.6) is 0 Å². The topological polar surface area (TPSA) is 35.6 Å². The molecule has 15 heavy (non-hydrogen) atoms. The van der Waals surface area contributed by atoms with Crippen molar-refractivity contribution in [2.45, 2.75) is 26.8 Å². The molecule has 0 aliphatic rings. The van der Waals surface area contributed by atoms with Gasteiger partial charge in [0.1, 0.15) is 0 Å². The van der Waals surface area contributed by atoms with Gasteiger partial charge in [0.15, 0.2) is 0 Å². The first-order chi connectivity index (χ1) is 7.02. The molecule has 0 aromatic heterocycles. The Morgan fingerprint density at radius 3 is 2.20 bits per heavy atom. The van der Waals surface area contributed by atoms with Gasteiger partial charge in [0.05, 0.1) is 6.04 Å². The van der Waals surface area contributed by atoms with Crippen molar-refractivity contribution in [2.24, 2.45) is 0 Å². The van der Waals surface area contributed by atoms with Crippen molar-refractivity contribution in [2.75, 3.05) is 40.3 Å². The largest absolute Gasteiger partial charge is 0.342 e. The summed E-state index contributed by atoms with van der Waals surface area (Å²) in [6.07, 6.45) is 0. The Balaban J connectivity index is 3.87. The highest BCUT2D eigenvalue weighted by atomic mass is 16.2. The Bertz CT molecular complexity index is 179. The minimum atomic E-state index is -0.0788. The van der Waals surface area contributed by atoms with Gasteiger partial charge >= 0.3 is 0 Å². The van der Waals surface area contributed by atoms with E-state index < -0.39 is 0 Å². The lowest BCUT2D eigenvalue weighted by atomic mass is 10.3. The van der Waals surface area contributed by atoms with Crippen molar-refractivity contribution in [3.8, 4) is 0 Å². The van der Waals surface area contributed by atoms with E-state index in [1.165, 1.54) is 0 Å². The van der Waals surface area contributed by atoms with E-state index in [2.05, 4.69) is 10.2 Å². The van der Waals surface area contributed by atoms with Crippen LogP contribution in [0.15, 0.2) is 0 Å². The summed E-state index contributed by atoms with van der Waals surface area (Å²) < 4.78 is 0. The highest BCUT2D eigenvalue weighted by Gasteiger charge is 2.16. The molecule has 0 aromatic carbocycles. The highest BCUT2D eigenvalue weighted by Crippen LogP contribution is 1.94. The molecule has 1 N–H and O–H groups in total. The quantitative estimate of drug-likeness (QED) is 0.667. The van der Waals surface area contributed by atoms with Gasteiger partial charge in [-0.25, -0.2) is 0 Å². The van der Waals surface area contributed by atoms with Crippen molar-refractivity contribution in [1.82, 2.24) is 15.1 Å². The normalized spacial score (nSPS) is 12.9. The molecular formula is C11H25N3O. The average molecular weight is 215 g/mol. The molecule has 90 valence electrons. The van der Waals surface area contributed by atoms with Gasteiger partial charge in [-0.1, -0.05) is 0 Å². The zero-order valence-corrected chi connectivity index (χ0v) is 10.7. The molecule has 0 spiro atoms. The summed E-state index contributed by atoms with van der Waals surface area (Å²) in [6.45, 7) is 9.32. The maximum Gasteiger partial charge on any atom is 0.239 e. The van der Waals surface area contributed by atoms with Crippen LogP contribution in [-0.2, 0) is 4.79 Å². The van der Waals surface area contributed by atoms with Crippen LogP contribution in [0.3, 0.4) is 0 Å². The summed E-state index contributed by atoms with van der Waals surface area (Å²) in [7, 11) is 4.05. The molecule has 0 aliphatic carbocycles. The van der Waals surface area contributed by atoms with E-state index in [0.29, 0.717) is 0 Å². The molecule has 0 rings (SSSR count). The van der Waals surface area contributed by atoms with E-state index in [1.807, 2.05) is 39.8 Å². The second-order valence-corrected chi connectivity index (χ2v) is 3.99. The minimum absolute atomic E-state index is 0.0788. The summed E-state index contributed by atoms with van der Waals surface area (Å²) in [6, 6.07) is -0.0788. The van der Waals surface area contributed by atoms with Crippen molar-refractivity contribution in [3.63, 3.8) is 0 Å². The number of amides is 1.